The molecule has 0 aliphatic carbocycles. The van der Waals surface area contributed by atoms with Crippen LogP contribution >= 0.6 is 0 Å². The number of rotatable bonds is 8. The first kappa shape index (κ1) is 21.1. The Balaban J connectivity index is 1.11. The summed E-state index contributed by atoms with van der Waals surface area (Å²) in [5.74, 6) is -0.304. The molecule has 0 N–H and O–H groups in total. The van der Waals surface area contributed by atoms with Gasteiger partial charge in [0.05, 0.1) is 22.8 Å². The lowest BCUT2D eigenvalue weighted by Crippen LogP contribution is -2.46. The second-order valence-electron chi connectivity index (χ2n) is 8.21. The van der Waals surface area contributed by atoms with Gasteiger partial charge in [-0.3, -0.25) is 19.4 Å². The Hall–Kier alpha value is -3.17. The molecule has 0 aromatic heterocycles. The highest BCUT2D eigenvalue weighted by Gasteiger charge is 2.34. The number of unbranched alkanes of at least 4 members (excludes halogenated alkanes) is 3. The summed E-state index contributed by atoms with van der Waals surface area (Å²) in [4.78, 5) is 31.0. The molecular weight excluding hydrogens is 388 g/mol. The number of anilines is 1. The molecular formula is C25H28N4O2. The lowest BCUT2D eigenvalue weighted by atomic mass is 10.1. The predicted molar refractivity (Wildman–Crippen MR) is 120 cm³/mol. The minimum Gasteiger partial charge on any atom is -0.369 e. The topological polar surface area (TPSA) is 67.7 Å². The van der Waals surface area contributed by atoms with Gasteiger partial charge in [-0.25, -0.2) is 0 Å². The quantitative estimate of drug-likeness (QED) is 0.486. The van der Waals surface area contributed by atoms with Crippen LogP contribution in [0.4, 0.5) is 5.69 Å². The van der Waals surface area contributed by atoms with Crippen LogP contribution in [0.25, 0.3) is 0 Å². The maximum Gasteiger partial charge on any atom is 0.261 e. The van der Waals surface area contributed by atoms with Gasteiger partial charge in [0.2, 0.25) is 0 Å². The molecule has 6 nitrogen and oxygen atoms in total. The van der Waals surface area contributed by atoms with Crippen LogP contribution in [0.2, 0.25) is 0 Å². The van der Waals surface area contributed by atoms with Crippen LogP contribution in [0.15, 0.2) is 48.5 Å². The highest BCUT2D eigenvalue weighted by molar-refractivity contribution is 6.21. The maximum atomic E-state index is 12.4. The van der Waals surface area contributed by atoms with E-state index in [0.717, 1.165) is 58.4 Å². The van der Waals surface area contributed by atoms with Crippen molar-refractivity contribution in [1.82, 2.24) is 9.80 Å². The van der Waals surface area contributed by atoms with E-state index in [1.54, 1.807) is 24.3 Å². The first-order valence-electron chi connectivity index (χ1n) is 11.1. The van der Waals surface area contributed by atoms with E-state index in [1.807, 2.05) is 24.3 Å². The molecule has 6 heteroatoms. The third-order valence-corrected chi connectivity index (χ3v) is 6.22. The molecule has 31 heavy (non-hydrogen) atoms. The third kappa shape index (κ3) is 4.78. The zero-order chi connectivity index (χ0) is 21.6. The average Bonchev–Trinajstić information content (AvgIpc) is 3.06. The lowest BCUT2D eigenvalue weighted by Gasteiger charge is -2.36. The summed E-state index contributed by atoms with van der Waals surface area (Å²) in [6.07, 6.45) is 4.13. The molecule has 160 valence electrons. The van der Waals surface area contributed by atoms with Gasteiger partial charge in [-0.05, 0) is 55.8 Å². The maximum absolute atomic E-state index is 12.4. The summed E-state index contributed by atoms with van der Waals surface area (Å²) in [5.41, 5.74) is 2.96. The van der Waals surface area contributed by atoms with Crippen molar-refractivity contribution >= 4 is 17.5 Å². The van der Waals surface area contributed by atoms with Crippen molar-refractivity contribution in [3.8, 4) is 6.07 Å². The second kappa shape index (κ2) is 9.76. The van der Waals surface area contributed by atoms with Gasteiger partial charge in [0.1, 0.15) is 0 Å². The third-order valence-electron chi connectivity index (χ3n) is 6.22. The number of nitrogens with zero attached hydrogens (tertiary/aromatic N) is 4. The average molecular weight is 417 g/mol. The summed E-state index contributed by atoms with van der Waals surface area (Å²) in [7, 11) is 0. The number of carbonyl (C=O) groups excluding carboxylic acids is 2. The summed E-state index contributed by atoms with van der Waals surface area (Å²) in [6, 6.07) is 17.1. The summed E-state index contributed by atoms with van der Waals surface area (Å²) in [5, 5.41) is 8.92. The Morgan fingerprint density at radius 2 is 1.32 bits per heavy atom. The zero-order valence-corrected chi connectivity index (χ0v) is 17.8. The molecule has 2 aliphatic heterocycles. The van der Waals surface area contributed by atoms with Crippen molar-refractivity contribution in [2.24, 2.45) is 0 Å². The summed E-state index contributed by atoms with van der Waals surface area (Å²) < 4.78 is 0. The van der Waals surface area contributed by atoms with Gasteiger partial charge in [-0.1, -0.05) is 25.0 Å². The van der Waals surface area contributed by atoms with Gasteiger partial charge in [0.15, 0.2) is 0 Å². The van der Waals surface area contributed by atoms with Gasteiger partial charge in [-0.2, -0.15) is 5.26 Å². The van der Waals surface area contributed by atoms with Crippen molar-refractivity contribution in [2.45, 2.75) is 25.7 Å². The van der Waals surface area contributed by atoms with Crippen LogP contribution in [0.3, 0.4) is 0 Å². The van der Waals surface area contributed by atoms with Gasteiger partial charge in [0.25, 0.3) is 11.8 Å². The first-order valence-corrected chi connectivity index (χ1v) is 11.1. The molecule has 2 aromatic carbocycles. The molecule has 0 saturated carbocycles. The SMILES string of the molecule is N#Cc1ccc(N2CCN(CCCCCCN3C(=O)c4ccccc4C3=O)CC2)cc1. The number of hydrogen-bond acceptors (Lipinski definition) is 5. The van der Waals surface area contributed by atoms with E-state index in [1.165, 1.54) is 10.6 Å². The molecule has 2 aromatic rings. The van der Waals surface area contributed by atoms with Crippen LogP contribution < -0.4 is 4.90 Å². The Morgan fingerprint density at radius 3 is 1.90 bits per heavy atom. The molecule has 0 spiro atoms. The van der Waals surface area contributed by atoms with E-state index in [-0.39, 0.29) is 11.8 Å². The normalized spacial score (nSPS) is 16.5. The van der Waals surface area contributed by atoms with E-state index in [9.17, 15) is 9.59 Å². The molecule has 0 unspecified atom stereocenters. The van der Waals surface area contributed by atoms with Crippen LogP contribution in [0.5, 0.6) is 0 Å². The molecule has 1 saturated heterocycles. The van der Waals surface area contributed by atoms with E-state index in [0.29, 0.717) is 23.2 Å². The van der Waals surface area contributed by atoms with Crippen LogP contribution in [-0.2, 0) is 0 Å². The number of nitriles is 1. The minimum atomic E-state index is -0.152. The number of hydrogen-bond donors (Lipinski definition) is 0. The van der Waals surface area contributed by atoms with Gasteiger partial charge in [-0.15, -0.1) is 0 Å². The fraction of sp³-hybridized carbons (Fsp3) is 0.400. The standard InChI is InChI=1S/C25H28N4O2/c26-19-20-9-11-21(12-10-20)28-17-15-27(16-18-28)13-5-1-2-6-14-29-24(30)22-7-3-4-8-23(22)25(29)31/h3-4,7-12H,1-2,5-6,13-18H2. The lowest BCUT2D eigenvalue weighted by molar-refractivity contribution is 0.0651. The molecule has 0 radical (unpaired) electrons. The van der Waals surface area contributed by atoms with Crippen molar-refractivity contribution in [3.63, 3.8) is 0 Å². The Morgan fingerprint density at radius 1 is 0.742 bits per heavy atom. The molecule has 2 heterocycles. The molecule has 1 fully saturated rings. The fourth-order valence-corrected chi connectivity index (χ4v) is 4.38. The minimum absolute atomic E-state index is 0.152. The van der Waals surface area contributed by atoms with Gasteiger partial charge < -0.3 is 4.90 Å². The fourth-order valence-electron chi connectivity index (χ4n) is 4.38. The molecule has 0 atom stereocenters. The van der Waals surface area contributed by atoms with Crippen LogP contribution in [-0.4, -0.2) is 60.9 Å². The summed E-state index contributed by atoms with van der Waals surface area (Å²) >= 11 is 0. The van der Waals surface area contributed by atoms with Gasteiger partial charge >= 0.3 is 0 Å². The Labute approximate surface area is 183 Å². The monoisotopic (exact) mass is 416 g/mol. The summed E-state index contributed by atoms with van der Waals surface area (Å²) in [6.45, 7) is 5.71. The largest absolute Gasteiger partial charge is 0.369 e. The Kier molecular flexibility index (Phi) is 6.63. The van der Waals surface area contributed by atoms with Crippen molar-refractivity contribution < 1.29 is 9.59 Å². The predicted octanol–water partition coefficient (Wildman–Crippen LogP) is 3.54. The molecule has 2 aliphatic rings. The number of benzene rings is 2. The number of carbonyl (C=O) groups is 2. The zero-order valence-electron chi connectivity index (χ0n) is 17.8. The second-order valence-corrected chi connectivity index (χ2v) is 8.21. The van der Waals surface area contributed by atoms with Crippen LogP contribution in [0.1, 0.15) is 52.0 Å². The number of piperazine rings is 1. The van der Waals surface area contributed by atoms with Gasteiger partial charge in [0, 0.05) is 38.4 Å². The smallest absolute Gasteiger partial charge is 0.261 e. The van der Waals surface area contributed by atoms with Crippen molar-refractivity contribution in [3.05, 3.63) is 65.2 Å². The van der Waals surface area contributed by atoms with E-state index < -0.39 is 0 Å². The number of fused-ring (bicyclic) bond motifs is 1. The van der Waals surface area contributed by atoms with E-state index in [2.05, 4.69) is 15.9 Å². The molecule has 0 bridgehead atoms. The van der Waals surface area contributed by atoms with Crippen molar-refractivity contribution in [2.75, 3.05) is 44.2 Å². The van der Waals surface area contributed by atoms with Crippen molar-refractivity contribution in [1.29, 1.82) is 5.26 Å². The van der Waals surface area contributed by atoms with Crippen LogP contribution in [0, 0.1) is 11.3 Å². The highest BCUT2D eigenvalue weighted by atomic mass is 16.2. The number of imide groups is 1. The number of amides is 2. The first-order chi connectivity index (χ1) is 15.2. The Bertz CT molecular complexity index is 937. The highest BCUT2D eigenvalue weighted by Crippen LogP contribution is 2.23. The molecule has 4 rings (SSSR count). The van der Waals surface area contributed by atoms with E-state index >= 15 is 0 Å². The molecule has 2 amide bonds. The van der Waals surface area contributed by atoms with E-state index in [4.69, 9.17) is 5.26 Å².